The van der Waals surface area contributed by atoms with Gasteiger partial charge in [-0.05, 0) is 152 Å². The number of allylic oxidation sites excluding steroid dienone is 2. The molecule has 3 aliphatic rings. The third-order valence-corrected chi connectivity index (χ3v) is 12.8. The van der Waals surface area contributed by atoms with Crippen molar-refractivity contribution in [2.75, 3.05) is 4.90 Å². The Balaban J connectivity index is 1.09. The Morgan fingerprint density at radius 2 is 1.32 bits per heavy atom. The molecule has 0 radical (unpaired) electrons. The first-order valence-electron chi connectivity index (χ1n) is 20.4. The lowest BCUT2D eigenvalue weighted by Gasteiger charge is -2.27. The molecular weight excluding hydrogens is 689 g/mol. The van der Waals surface area contributed by atoms with Crippen molar-refractivity contribution in [3.63, 3.8) is 0 Å². The van der Waals surface area contributed by atoms with Crippen LogP contribution in [-0.2, 0) is 6.42 Å². The lowest BCUT2D eigenvalue weighted by molar-refractivity contribution is 0.773. The highest BCUT2D eigenvalue weighted by molar-refractivity contribution is 6.17. The molecule has 3 aliphatic carbocycles. The molecule has 270 valence electrons. The van der Waals surface area contributed by atoms with Crippen molar-refractivity contribution in [2.24, 2.45) is 0 Å². The number of aromatic nitrogens is 1. The molecule has 1 aromatic heterocycles. The predicted octanol–water partition coefficient (Wildman–Crippen LogP) is 15.2. The van der Waals surface area contributed by atoms with E-state index in [1.54, 1.807) is 0 Å². The van der Waals surface area contributed by atoms with Crippen LogP contribution in [0.3, 0.4) is 0 Å². The molecule has 0 aliphatic heterocycles. The molecule has 2 nitrogen and oxygen atoms in total. The summed E-state index contributed by atoms with van der Waals surface area (Å²) in [6.45, 7) is 2.39. The summed E-state index contributed by atoms with van der Waals surface area (Å²) in [7, 11) is 0. The maximum Gasteiger partial charge on any atom is 0.0540 e. The summed E-state index contributed by atoms with van der Waals surface area (Å²) >= 11 is 0. The minimum atomic E-state index is 0.391. The van der Waals surface area contributed by atoms with Crippen molar-refractivity contribution in [3.05, 3.63) is 192 Å². The van der Waals surface area contributed by atoms with Crippen LogP contribution in [0.1, 0.15) is 48.1 Å². The highest BCUT2D eigenvalue weighted by atomic mass is 15.1. The number of benzene rings is 8. The molecule has 1 heterocycles. The normalized spacial score (nSPS) is 14.9. The topological polar surface area (TPSA) is 8.17 Å². The lowest BCUT2D eigenvalue weighted by Crippen LogP contribution is -2.10. The van der Waals surface area contributed by atoms with Gasteiger partial charge in [-0.2, -0.15) is 0 Å². The van der Waals surface area contributed by atoms with Crippen LogP contribution < -0.4 is 4.90 Å². The average molecular weight is 729 g/mol. The summed E-state index contributed by atoms with van der Waals surface area (Å²) in [5, 5.41) is 6.53. The van der Waals surface area contributed by atoms with Gasteiger partial charge in [0.15, 0.2) is 0 Å². The first kappa shape index (κ1) is 32.4. The molecule has 0 spiro atoms. The molecule has 0 bridgehead atoms. The van der Waals surface area contributed by atoms with Crippen LogP contribution in [0.4, 0.5) is 17.1 Å². The quantitative estimate of drug-likeness (QED) is 0.171. The summed E-state index contributed by atoms with van der Waals surface area (Å²) in [6, 6.07) is 58.9. The maximum absolute atomic E-state index is 2.51. The zero-order valence-corrected chi connectivity index (χ0v) is 31.9. The standard InChI is InChI=1S/C55H40N2/c1-35-13-11-24-52-53(35)49-34-43(28-30-51(49)57(52)50-23-10-9-20-44(50)37-15-3-2-4-16-37)56(41-26-25-36-14-5-6-17-38(36)32-41)42-27-29-47-48(33-42)46-22-12-19-40-31-39-18-7-8-21-45(39)55(47)54(40)46/h2-7,9-12,14-20,22-35H,8,13,21H2,1H3/t35-/m0/s1. The zero-order chi connectivity index (χ0) is 37.6. The molecule has 0 N–H and O–H groups in total. The van der Waals surface area contributed by atoms with Gasteiger partial charge in [-0.3, -0.25) is 0 Å². The van der Waals surface area contributed by atoms with Gasteiger partial charge in [0.25, 0.3) is 0 Å². The Morgan fingerprint density at radius 3 is 2.25 bits per heavy atom. The van der Waals surface area contributed by atoms with E-state index in [0.29, 0.717) is 5.92 Å². The molecular formula is C55H40N2. The number of anilines is 3. The van der Waals surface area contributed by atoms with Crippen LogP contribution in [0.25, 0.3) is 83.7 Å². The first-order chi connectivity index (χ1) is 28.2. The monoisotopic (exact) mass is 728 g/mol. The summed E-state index contributed by atoms with van der Waals surface area (Å²) < 4.78 is 2.51. The average Bonchev–Trinajstić information content (AvgIpc) is 3.78. The van der Waals surface area contributed by atoms with Crippen molar-refractivity contribution in [1.29, 1.82) is 0 Å². The zero-order valence-electron chi connectivity index (χ0n) is 31.9. The fourth-order valence-electron chi connectivity index (χ4n) is 10.2. The van der Waals surface area contributed by atoms with Crippen LogP contribution in [0.5, 0.6) is 0 Å². The lowest BCUT2D eigenvalue weighted by atomic mass is 9.87. The second-order valence-electron chi connectivity index (χ2n) is 16.0. The van der Waals surface area contributed by atoms with E-state index < -0.39 is 0 Å². The smallest absolute Gasteiger partial charge is 0.0540 e. The highest BCUT2D eigenvalue weighted by Crippen LogP contribution is 2.53. The van der Waals surface area contributed by atoms with Crippen LogP contribution in [0.2, 0.25) is 0 Å². The molecule has 2 heteroatoms. The fraction of sp³-hybridized carbons (Fsp3) is 0.0909. The van der Waals surface area contributed by atoms with Crippen molar-refractivity contribution in [2.45, 2.75) is 32.1 Å². The van der Waals surface area contributed by atoms with E-state index >= 15 is 0 Å². The Bertz CT molecular complexity index is 3180. The molecule has 0 fully saturated rings. The Labute approximate surface area is 333 Å². The van der Waals surface area contributed by atoms with Crippen molar-refractivity contribution in [3.8, 4) is 39.1 Å². The van der Waals surface area contributed by atoms with Crippen molar-refractivity contribution in [1.82, 2.24) is 4.57 Å². The number of rotatable bonds is 5. The second kappa shape index (κ2) is 12.6. The maximum atomic E-state index is 2.51. The van der Waals surface area contributed by atoms with Gasteiger partial charge in [0, 0.05) is 28.0 Å². The first-order valence-corrected chi connectivity index (χ1v) is 20.4. The van der Waals surface area contributed by atoms with Crippen LogP contribution >= 0.6 is 0 Å². The van der Waals surface area contributed by atoms with Gasteiger partial charge in [0.1, 0.15) is 0 Å². The molecule has 1 atom stereocenters. The fourth-order valence-corrected chi connectivity index (χ4v) is 10.2. The molecule has 0 amide bonds. The van der Waals surface area contributed by atoms with Gasteiger partial charge in [-0.25, -0.2) is 0 Å². The predicted molar refractivity (Wildman–Crippen MR) is 242 cm³/mol. The molecule has 0 unspecified atom stereocenters. The molecule has 8 aromatic carbocycles. The largest absolute Gasteiger partial charge is 0.310 e. The number of nitrogens with zero attached hydrogens (tertiary/aromatic N) is 2. The van der Waals surface area contributed by atoms with E-state index in [-0.39, 0.29) is 0 Å². The van der Waals surface area contributed by atoms with E-state index in [9.17, 15) is 0 Å². The summed E-state index contributed by atoms with van der Waals surface area (Å²) in [6.07, 6.45) is 12.6. The van der Waals surface area contributed by atoms with Crippen LogP contribution in [0, 0.1) is 0 Å². The Morgan fingerprint density at radius 1 is 0.561 bits per heavy atom. The van der Waals surface area contributed by atoms with Gasteiger partial charge >= 0.3 is 0 Å². The van der Waals surface area contributed by atoms with Gasteiger partial charge in [-0.1, -0.05) is 128 Å². The van der Waals surface area contributed by atoms with Crippen LogP contribution in [0.15, 0.2) is 170 Å². The SMILES string of the molecule is C[C@H]1CC=Cc2c1c1cc(N(c3ccc4c(c3)-c3cccc5cc6c(c-4c35)CCC=C6)c3ccc4ccccc4c3)ccc1n2-c1ccccc1-c1ccccc1. The number of fused-ring (bicyclic) bond motifs is 9. The van der Waals surface area contributed by atoms with Crippen molar-refractivity contribution < 1.29 is 0 Å². The molecule has 57 heavy (non-hydrogen) atoms. The number of hydrogen-bond donors (Lipinski definition) is 0. The van der Waals surface area contributed by atoms with E-state index in [0.717, 1.165) is 36.3 Å². The van der Waals surface area contributed by atoms with E-state index in [4.69, 9.17) is 0 Å². The van der Waals surface area contributed by atoms with E-state index in [1.165, 1.54) is 93.9 Å². The molecule has 0 saturated heterocycles. The summed E-state index contributed by atoms with van der Waals surface area (Å²) in [5.74, 6) is 0.391. The van der Waals surface area contributed by atoms with Gasteiger partial charge in [0.2, 0.25) is 0 Å². The van der Waals surface area contributed by atoms with Gasteiger partial charge in [-0.15, -0.1) is 0 Å². The van der Waals surface area contributed by atoms with E-state index in [2.05, 4.69) is 198 Å². The third kappa shape index (κ3) is 4.90. The number of para-hydroxylation sites is 1. The molecule has 12 rings (SSSR count). The molecule has 0 saturated carbocycles. The second-order valence-corrected chi connectivity index (χ2v) is 16.0. The number of hydrogen-bond acceptors (Lipinski definition) is 1. The summed E-state index contributed by atoms with van der Waals surface area (Å²) in [4.78, 5) is 2.48. The van der Waals surface area contributed by atoms with Gasteiger partial charge in [0.05, 0.1) is 16.9 Å². The Kier molecular flexibility index (Phi) is 7.13. The van der Waals surface area contributed by atoms with Crippen molar-refractivity contribution >= 4 is 61.7 Å². The minimum absolute atomic E-state index is 0.391. The summed E-state index contributed by atoms with van der Waals surface area (Å²) in [5.41, 5.74) is 19.4. The third-order valence-electron chi connectivity index (χ3n) is 12.8. The van der Waals surface area contributed by atoms with E-state index in [1.807, 2.05) is 0 Å². The highest BCUT2D eigenvalue weighted by Gasteiger charge is 2.29. The van der Waals surface area contributed by atoms with Crippen LogP contribution in [-0.4, -0.2) is 4.57 Å². The molecule has 9 aromatic rings. The van der Waals surface area contributed by atoms with Gasteiger partial charge < -0.3 is 9.47 Å². The Hall–Kier alpha value is -6.90. The minimum Gasteiger partial charge on any atom is -0.310 e.